The van der Waals surface area contributed by atoms with E-state index >= 15 is 0 Å². The van der Waals surface area contributed by atoms with Gasteiger partial charge in [-0.2, -0.15) is 0 Å². The molecule has 0 spiro atoms. The molecule has 0 amide bonds. The van der Waals surface area contributed by atoms with E-state index in [0.717, 1.165) is 6.92 Å². The van der Waals surface area contributed by atoms with E-state index in [2.05, 4.69) is 4.74 Å². The highest BCUT2D eigenvalue weighted by Gasteiger charge is 2.22. The van der Waals surface area contributed by atoms with Gasteiger partial charge in [0.05, 0.1) is 0 Å². The molecule has 0 aliphatic heterocycles. The normalized spacial score (nSPS) is 11.8. The van der Waals surface area contributed by atoms with E-state index in [1.54, 1.807) is 18.2 Å². The number of aromatic hydroxyl groups is 1. The van der Waals surface area contributed by atoms with E-state index in [4.69, 9.17) is 5.11 Å². The van der Waals surface area contributed by atoms with Crippen LogP contribution >= 0.6 is 0 Å². The molecule has 0 saturated carbocycles. The van der Waals surface area contributed by atoms with Gasteiger partial charge < -0.3 is 14.9 Å². The van der Waals surface area contributed by atoms with Gasteiger partial charge in [0.15, 0.2) is 0 Å². The van der Waals surface area contributed by atoms with Crippen LogP contribution in [0, 0.1) is 0 Å². The molecule has 1 aromatic carbocycles. The van der Waals surface area contributed by atoms with Gasteiger partial charge in [-0.25, -0.2) is 4.79 Å². The summed E-state index contributed by atoms with van der Waals surface area (Å²) in [4.78, 5) is 21.5. The second-order valence-electron chi connectivity index (χ2n) is 3.27. The standard InChI is InChI=1S/C11H12O5/c1-7(12)16-10(11(14)15)6-8-4-2-3-5-9(8)13/h2-5,10,13H,6H2,1H3,(H,14,15)/t10-/m1/s1. The minimum Gasteiger partial charge on any atom is -0.508 e. The van der Waals surface area contributed by atoms with Gasteiger partial charge in [-0.05, 0) is 11.6 Å². The minimum absolute atomic E-state index is 0.0131. The first kappa shape index (κ1) is 12.0. The summed E-state index contributed by atoms with van der Waals surface area (Å²) in [5, 5.41) is 18.3. The lowest BCUT2D eigenvalue weighted by Crippen LogP contribution is -2.28. The van der Waals surface area contributed by atoms with E-state index < -0.39 is 18.0 Å². The predicted octanol–water partition coefficient (Wildman–Crippen LogP) is 0.951. The number of hydrogen-bond acceptors (Lipinski definition) is 4. The topological polar surface area (TPSA) is 83.8 Å². The molecule has 0 heterocycles. The lowest BCUT2D eigenvalue weighted by molar-refractivity contribution is -0.162. The predicted molar refractivity (Wildman–Crippen MR) is 55.0 cm³/mol. The number of esters is 1. The van der Waals surface area contributed by atoms with Gasteiger partial charge in [-0.1, -0.05) is 18.2 Å². The number of rotatable bonds is 4. The highest BCUT2D eigenvalue weighted by Crippen LogP contribution is 2.18. The molecular formula is C11H12O5. The van der Waals surface area contributed by atoms with Crippen molar-refractivity contribution in [2.45, 2.75) is 19.4 Å². The fraction of sp³-hybridized carbons (Fsp3) is 0.273. The first-order valence-corrected chi connectivity index (χ1v) is 4.67. The number of carboxylic acid groups (broad SMARTS) is 1. The third-order valence-electron chi connectivity index (χ3n) is 1.98. The molecule has 0 fully saturated rings. The van der Waals surface area contributed by atoms with Crippen LogP contribution in [0.5, 0.6) is 5.75 Å². The number of hydrogen-bond donors (Lipinski definition) is 2. The molecule has 0 radical (unpaired) electrons. The molecule has 0 aliphatic rings. The second-order valence-corrected chi connectivity index (χ2v) is 3.27. The average molecular weight is 224 g/mol. The molecule has 5 nitrogen and oxygen atoms in total. The van der Waals surface area contributed by atoms with Crippen molar-refractivity contribution in [2.75, 3.05) is 0 Å². The van der Waals surface area contributed by atoms with Gasteiger partial charge >= 0.3 is 11.9 Å². The zero-order valence-electron chi connectivity index (χ0n) is 8.71. The SMILES string of the molecule is CC(=O)O[C@H](Cc1ccccc1O)C(=O)O. The Morgan fingerprint density at radius 1 is 1.38 bits per heavy atom. The van der Waals surface area contributed by atoms with Crippen molar-refractivity contribution in [3.05, 3.63) is 29.8 Å². The maximum Gasteiger partial charge on any atom is 0.345 e. The van der Waals surface area contributed by atoms with Crippen LogP contribution in [0.25, 0.3) is 0 Å². The molecule has 5 heteroatoms. The molecule has 0 bridgehead atoms. The van der Waals surface area contributed by atoms with Crippen LogP contribution in [0.3, 0.4) is 0 Å². The molecule has 0 saturated heterocycles. The maximum atomic E-state index is 10.8. The zero-order chi connectivity index (χ0) is 12.1. The first-order valence-electron chi connectivity index (χ1n) is 4.67. The summed E-state index contributed by atoms with van der Waals surface area (Å²) >= 11 is 0. The number of phenols is 1. The monoisotopic (exact) mass is 224 g/mol. The number of phenolic OH excluding ortho intramolecular Hbond substituents is 1. The van der Waals surface area contributed by atoms with E-state index in [1.807, 2.05) is 0 Å². The first-order chi connectivity index (χ1) is 7.50. The number of carboxylic acids is 1. The second kappa shape index (κ2) is 5.16. The molecule has 1 atom stereocenters. The molecule has 0 unspecified atom stereocenters. The summed E-state index contributed by atoms with van der Waals surface area (Å²) < 4.78 is 4.62. The van der Waals surface area contributed by atoms with Gasteiger partial charge in [0.1, 0.15) is 5.75 Å². The molecular weight excluding hydrogens is 212 g/mol. The average Bonchev–Trinajstić information content (AvgIpc) is 2.19. The highest BCUT2D eigenvalue weighted by atomic mass is 16.6. The summed E-state index contributed by atoms with van der Waals surface area (Å²) in [6, 6.07) is 6.32. The van der Waals surface area contributed by atoms with E-state index in [1.165, 1.54) is 6.07 Å². The van der Waals surface area contributed by atoms with Gasteiger partial charge in [0.25, 0.3) is 0 Å². The summed E-state index contributed by atoms with van der Waals surface area (Å²) in [5.41, 5.74) is 0.427. The zero-order valence-corrected chi connectivity index (χ0v) is 8.71. The van der Waals surface area contributed by atoms with E-state index in [9.17, 15) is 14.7 Å². The van der Waals surface area contributed by atoms with Gasteiger partial charge in [-0.15, -0.1) is 0 Å². The lowest BCUT2D eigenvalue weighted by atomic mass is 10.1. The van der Waals surface area contributed by atoms with Crippen LogP contribution in [0.15, 0.2) is 24.3 Å². The number of carbonyl (C=O) groups excluding carboxylic acids is 1. The number of aliphatic carboxylic acids is 1. The van der Waals surface area contributed by atoms with Crippen LogP contribution in [-0.2, 0) is 20.7 Å². The number of ether oxygens (including phenoxy) is 1. The van der Waals surface area contributed by atoms with Gasteiger partial charge in [-0.3, -0.25) is 4.79 Å². The minimum atomic E-state index is -1.27. The highest BCUT2D eigenvalue weighted by molar-refractivity contribution is 5.77. The largest absolute Gasteiger partial charge is 0.508 e. The molecule has 0 aliphatic carbocycles. The molecule has 1 aromatic rings. The van der Waals surface area contributed by atoms with Crippen molar-refractivity contribution in [3.8, 4) is 5.75 Å². The maximum absolute atomic E-state index is 10.8. The Morgan fingerprint density at radius 3 is 2.50 bits per heavy atom. The van der Waals surface area contributed by atoms with Gasteiger partial charge in [0.2, 0.25) is 6.10 Å². The van der Waals surface area contributed by atoms with Crippen molar-refractivity contribution >= 4 is 11.9 Å². The van der Waals surface area contributed by atoms with E-state index in [0.29, 0.717) is 5.56 Å². The van der Waals surface area contributed by atoms with Crippen LogP contribution in [0.4, 0.5) is 0 Å². The number of para-hydroxylation sites is 1. The Balaban J connectivity index is 2.80. The van der Waals surface area contributed by atoms with Crippen LogP contribution < -0.4 is 0 Å². The summed E-state index contributed by atoms with van der Waals surface area (Å²) in [7, 11) is 0. The lowest BCUT2D eigenvalue weighted by Gasteiger charge is -2.13. The van der Waals surface area contributed by atoms with Crippen molar-refractivity contribution in [3.63, 3.8) is 0 Å². The molecule has 0 aromatic heterocycles. The fourth-order valence-electron chi connectivity index (χ4n) is 1.26. The molecule has 16 heavy (non-hydrogen) atoms. The van der Waals surface area contributed by atoms with Crippen molar-refractivity contribution in [1.29, 1.82) is 0 Å². The van der Waals surface area contributed by atoms with Crippen molar-refractivity contribution in [2.24, 2.45) is 0 Å². The third-order valence-corrected chi connectivity index (χ3v) is 1.98. The Kier molecular flexibility index (Phi) is 3.88. The Hall–Kier alpha value is -2.04. The quantitative estimate of drug-likeness (QED) is 0.744. The Morgan fingerprint density at radius 2 is 2.00 bits per heavy atom. The molecule has 2 N–H and O–H groups in total. The van der Waals surface area contributed by atoms with Gasteiger partial charge in [0, 0.05) is 13.3 Å². The smallest absolute Gasteiger partial charge is 0.345 e. The molecule has 1 rings (SSSR count). The molecule has 86 valence electrons. The number of carbonyl (C=O) groups is 2. The van der Waals surface area contributed by atoms with E-state index in [-0.39, 0.29) is 12.2 Å². The van der Waals surface area contributed by atoms with Crippen LogP contribution in [0.2, 0.25) is 0 Å². The fourth-order valence-corrected chi connectivity index (χ4v) is 1.26. The number of benzene rings is 1. The summed E-state index contributed by atoms with van der Waals surface area (Å²) in [6.45, 7) is 1.14. The Bertz CT molecular complexity index is 399. The van der Waals surface area contributed by atoms with Crippen molar-refractivity contribution in [1.82, 2.24) is 0 Å². The summed E-state index contributed by atoms with van der Waals surface area (Å²) in [5.74, 6) is -1.91. The summed E-state index contributed by atoms with van der Waals surface area (Å²) in [6.07, 6.45) is -1.33. The van der Waals surface area contributed by atoms with Crippen LogP contribution in [0.1, 0.15) is 12.5 Å². The Labute approximate surface area is 92.3 Å². The third kappa shape index (κ3) is 3.27. The van der Waals surface area contributed by atoms with Crippen LogP contribution in [-0.4, -0.2) is 28.3 Å². The van der Waals surface area contributed by atoms with Crippen molar-refractivity contribution < 1.29 is 24.5 Å².